The van der Waals surface area contributed by atoms with E-state index in [1.807, 2.05) is 24.3 Å². The first-order valence-electron chi connectivity index (χ1n) is 5.98. The maximum absolute atomic E-state index is 12.5. The molecule has 0 atom stereocenters. The molecule has 2 rings (SSSR count). The van der Waals surface area contributed by atoms with Crippen LogP contribution in [0.15, 0.2) is 42.6 Å². The van der Waals surface area contributed by atoms with Crippen molar-refractivity contribution < 1.29 is 13.2 Å². The summed E-state index contributed by atoms with van der Waals surface area (Å²) in [6.45, 7) is 0.405. The van der Waals surface area contributed by atoms with Gasteiger partial charge in [0, 0.05) is 25.5 Å². The van der Waals surface area contributed by atoms with Crippen molar-refractivity contribution in [3.8, 4) is 0 Å². The Morgan fingerprint density at radius 2 is 1.95 bits per heavy atom. The standard InChI is InChI=1S/C14H14F3N3/c1-20(12-4-2-3-10(7-12)8-18)13-6-5-11(9-19-13)14(15,16)17/h2-7,9H,8,18H2,1H3. The van der Waals surface area contributed by atoms with Crippen LogP contribution in [0.3, 0.4) is 0 Å². The average molecular weight is 281 g/mol. The lowest BCUT2D eigenvalue weighted by molar-refractivity contribution is -0.137. The second-order valence-electron chi connectivity index (χ2n) is 4.34. The van der Waals surface area contributed by atoms with Gasteiger partial charge >= 0.3 is 6.18 Å². The van der Waals surface area contributed by atoms with E-state index in [1.54, 1.807) is 11.9 Å². The van der Waals surface area contributed by atoms with Crippen LogP contribution in [0.1, 0.15) is 11.1 Å². The molecule has 0 bridgehead atoms. The molecule has 0 amide bonds. The number of nitrogens with zero attached hydrogens (tertiary/aromatic N) is 2. The highest BCUT2D eigenvalue weighted by Gasteiger charge is 2.30. The monoisotopic (exact) mass is 281 g/mol. The summed E-state index contributed by atoms with van der Waals surface area (Å²) in [5, 5.41) is 0. The molecule has 0 spiro atoms. The molecule has 0 radical (unpaired) electrons. The van der Waals surface area contributed by atoms with Gasteiger partial charge in [-0.1, -0.05) is 12.1 Å². The molecule has 3 nitrogen and oxygen atoms in total. The van der Waals surface area contributed by atoms with Gasteiger partial charge in [0.2, 0.25) is 0 Å². The van der Waals surface area contributed by atoms with Crippen LogP contribution in [-0.4, -0.2) is 12.0 Å². The maximum atomic E-state index is 12.5. The summed E-state index contributed by atoms with van der Waals surface area (Å²) in [6.07, 6.45) is -3.54. The number of anilines is 2. The molecule has 0 aliphatic rings. The lowest BCUT2D eigenvalue weighted by atomic mass is 10.2. The number of hydrogen-bond acceptors (Lipinski definition) is 3. The number of hydrogen-bond donors (Lipinski definition) is 1. The highest BCUT2D eigenvalue weighted by atomic mass is 19.4. The molecule has 1 heterocycles. The molecule has 1 aromatic heterocycles. The minimum absolute atomic E-state index is 0.405. The number of aromatic nitrogens is 1. The van der Waals surface area contributed by atoms with Crippen molar-refractivity contribution in [1.29, 1.82) is 0 Å². The molecule has 6 heteroatoms. The maximum Gasteiger partial charge on any atom is 0.417 e. The first-order chi connectivity index (χ1) is 9.41. The van der Waals surface area contributed by atoms with E-state index < -0.39 is 11.7 Å². The van der Waals surface area contributed by atoms with Crippen molar-refractivity contribution in [2.45, 2.75) is 12.7 Å². The Labute approximate surface area is 114 Å². The fourth-order valence-electron chi connectivity index (χ4n) is 1.78. The quantitative estimate of drug-likeness (QED) is 0.938. The third kappa shape index (κ3) is 3.08. The lowest BCUT2D eigenvalue weighted by Gasteiger charge is -2.19. The van der Waals surface area contributed by atoms with Crippen molar-refractivity contribution in [2.24, 2.45) is 5.73 Å². The third-order valence-corrected chi connectivity index (χ3v) is 2.95. The topological polar surface area (TPSA) is 42.1 Å². The van der Waals surface area contributed by atoms with Crippen LogP contribution in [0.5, 0.6) is 0 Å². The molecule has 0 aliphatic heterocycles. The number of nitrogens with two attached hydrogens (primary N) is 1. The normalized spacial score (nSPS) is 11.4. The summed E-state index contributed by atoms with van der Waals surface area (Å²) in [5.74, 6) is 0.437. The van der Waals surface area contributed by atoms with Crippen molar-refractivity contribution in [3.63, 3.8) is 0 Å². The molecule has 2 aromatic rings. The minimum Gasteiger partial charge on any atom is -0.329 e. The van der Waals surface area contributed by atoms with E-state index >= 15 is 0 Å². The zero-order valence-electron chi connectivity index (χ0n) is 10.9. The van der Waals surface area contributed by atoms with Gasteiger partial charge in [-0.3, -0.25) is 0 Å². The summed E-state index contributed by atoms with van der Waals surface area (Å²) in [5.41, 5.74) is 6.57. The van der Waals surface area contributed by atoms with Crippen LogP contribution in [0.4, 0.5) is 24.7 Å². The molecule has 0 fully saturated rings. The zero-order valence-corrected chi connectivity index (χ0v) is 10.9. The first kappa shape index (κ1) is 14.3. The van der Waals surface area contributed by atoms with Gasteiger partial charge in [0.25, 0.3) is 0 Å². The Morgan fingerprint density at radius 3 is 2.50 bits per heavy atom. The van der Waals surface area contributed by atoms with Gasteiger partial charge < -0.3 is 10.6 Å². The molecule has 0 saturated carbocycles. The molecule has 20 heavy (non-hydrogen) atoms. The van der Waals surface area contributed by atoms with Crippen molar-refractivity contribution >= 4 is 11.5 Å². The molecule has 0 unspecified atom stereocenters. The summed E-state index contributed by atoms with van der Waals surface area (Å²) in [6, 6.07) is 9.82. The number of benzene rings is 1. The van der Waals surface area contributed by atoms with Crippen LogP contribution in [0.25, 0.3) is 0 Å². The van der Waals surface area contributed by atoms with Crippen LogP contribution >= 0.6 is 0 Å². The summed E-state index contributed by atoms with van der Waals surface area (Å²) in [4.78, 5) is 5.56. The predicted molar refractivity (Wildman–Crippen MR) is 71.6 cm³/mol. The van der Waals surface area contributed by atoms with Gasteiger partial charge in [0.15, 0.2) is 0 Å². The van der Waals surface area contributed by atoms with E-state index in [2.05, 4.69) is 4.98 Å². The molecule has 0 aliphatic carbocycles. The zero-order chi connectivity index (χ0) is 14.8. The highest BCUT2D eigenvalue weighted by Crippen LogP contribution is 2.30. The molecule has 1 aromatic carbocycles. The summed E-state index contributed by atoms with van der Waals surface area (Å²) in [7, 11) is 1.74. The Morgan fingerprint density at radius 1 is 1.20 bits per heavy atom. The van der Waals surface area contributed by atoms with Crippen LogP contribution in [0.2, 0.25) is 0 Å². The largest absolute Gasteiger partial charge is 0.417 e. The third-order valence-electron chi connectivity index (χ3n) is 2.95. The fourth-order valence-corrected chi connectivity index (χ4v) is 1.78. The molecule has 106 valence electrons. The lowest BCUT2D eigenvalue weighted by Crippen LogP contribution is -2.13. The van der Waals surface area contributed by atoms with Crippen molar-refractivity contribution in [1.82, 2.24) is 4.98 Å². The van der Waals surface area contributed by atoms with Crippen LogP contribution in [-0.2, 0) is 12.7 Å². The second-order valence-corrected chi connectivity index (χ2v) is 4.34. The van der Waals surface area contributed by atoms with Gasteiger partial charge in [-0.25, -0.2) is 4.98 Å². The molecule has 2 N–H and O–H groups in total. The number of alkyl halides is 3. The van der Waals surface area contributed by atoms with Gasteiger partial charge in [0.1, 0.15) is 5.82 Å². The van der Waals surface area contributed by atoms with Gasteiger partial charge in [0.05, 0.1) is 5.56 Å². The minimum atomic E-state index is -4.37. The number of halogens is 3. The van der Waals surface area contributed by atoms with Gasteiger partial charge in [-0.15, -0.1) is 0 Å². The van der Waals surface area contributed by atoms with E-state index in [0.29, 0.717) is 12.4 Å². The van der Waals surface area contributed by atoms with Gasteiger partial charge in [-0.05, 0) is 29.8 Å². The average Bonchev–Trinajstić information content (AvgIpc) is 2.46. The molecular weight excluding hydrogens is 267 g/mol. The fraction of sp³-hybridized carbons (Fsp3) is 0.214. The summed E-state index contributed by atoms with van der Waals surface area (Å²) >= 11 is 0. The predicted octanol–water partition coefficient (Wildman–Crippen LogP) is 3.33. The van der Waals surface area contributed by atoms with Crippen LogP contribution < -0.4 is 10.6 Å². The van der Waals surface area contributed by atoms with E-state index in [-0.39, 0.29) is 0 Å². The smallest absolute Gasteiger partial charge is 0.329 e. The Bertz CT molecular complexity index is 579. The van der Waals surface area contributed by atoms with Gasteiger partial charge in [-0.2, -0.15) is 13.2 Å². The number of rotatable bonds is 3. The van der Waals surface area contributed by atoms with E-state index in [9.17, 15) is 13.2 Å². The van der Waals surface area contributed by atoms with Crippen molar-refractivity contribution in [2.75, 3.05) is 11.9 Å². The highest BCUT2D eigenvalue weighted by molar-refractivity contribution is 5.59. The molecular formula is C14H14F3N3. The Balaban J connectivity index is 2.26. The van der Waals surface area contributed by atoms with Crippen molar-refractivity contribution in [3.05, 3.63) is 53.7 Å². The second kappa shape index (κ2) is 5.50. The Kier molecular flexibility index (Phi) is 3.94. The first-order valence-corrected chi connectivity index (χ1v) is 5.98. The van der Waals surface area contributed by atoms with E-state index in [0.717, 1.165) is 23.5 Å². The van der Waals surface area contributed by atoms with E-state index in [1.165, 1.54) is 6.07 Å². The Hall–Kier alpha value is -2.08. The number of pyridine rings is 1. The molecule has 0 saturated heterocycles. The SMILES string of the molecule is CN(c1cccc(CN)c1)c1ccc(C(F)(F)F)cn1. The van der Waals surface area contributed by atoms with E-state index in [4.69, 9.17) is 5.73 Å². The summed E-state index contributed by atoms with van der Waals surface area (Å²) < 4.78 is 37.4. The van der Waals surface area contributed by atoms with Crippen LogP contribution in [0, 0.1) is 0 Å².